The minimum absolute atomic E-state index is 0.0385. The van der Waals surface area contributed by atoms with Crippen LogP contribution >= 0.6 is 0 Å². The van der Waals surface area contributed by atoms with Crippen molar-refractivity contribution >= 4 is 23.4 Å². The van der Waals surface area contributed by atoms with Crippen LogP contribution < -0.4 is 15.5 Å². The van der Waals surface area contributed by atoms with Gasteiger partial charge in [-0.2, -0.15) is 0 Å². The van der Waals surface area contributed by atoms with Crippen LogP contribution in [-0.2, 0) is 22.4 Å². The number of nitrogens with one attached hydrogen (secondary N) is 2. The van der Waals surface area contributed by atoms with E-state index in [0.29, 0.717) is 6.54 Å². The average Bonchev–Trinajstić information content (AvgIpc) is 2.97. The Morgan fingerprint density at radius 2 is 1.98 bits per heavy atom. The van der Waals surface area contributed by atoms with Crippen LogP contribution in [0, 0.1) is 5.92 Å². The van der Waals surface area contributed by atoms with Gasteiger partial charge >= 0.3 is 5.97 Å². The predicted molar refractivity (Wildman–Crippen MR) is 158 cm³/mol. The Morgan fingerprint density at radius 3 is 2.80 bits per heavy atom. The van der Waals surface area contributed by atoms with Gasteiger partial charge in [0.05, 0.1) is 18.4 Å². The van der Waals surface area contributed by atoms with E-state index in [-0.39, 0.29) is 18.2 Å². The van der Waals surface area contributed by atoms with Gasteiger partial charge in [-0.05, 0) is 88.0 Å². The van der Waals surface area contributed by atoms with Crippen molar-refractivity contribution in [2.24, 2.45) is 5.92 Å². The Labute approximate surface area is 237 Å². The number of pyridine rings is 1. The topological polar surface area (TPSA) is 101 Å². The zero-order chi connectivity index (χ0) is 27.9. The first kappa shape index (κ1) is 28.4. The predicted octanol–water partition coefficient (Wildman–Crippen LogP) is 3.17. The standard InChI is InChI=1S/C31H44N6O3/c1-35-16-18-37(19-17-35)27-10-2-6-24(20-27)28(21-29(38)39)34-31(40)25-8-4-14-36(22-25)15-5-9-26-12-11-23-7-3-13-32-30(23)33-26/h2,6,10-12,20,25,28H,3-5,7-9,13-19,21-22H2,1H3,(H,32,33)(H,34,40)(H,38,39)/t25-,28+/m1/s1. The fourth-order valence-corrected chi connectivity index (χ4v) is 6.18. The molecule has 1 aromatic heterocycles. The van der Waals surface area contributed by atoms with Crippen molar-refractivity contribution in [3.63, 3.8) is 0 Å². The number of piperazine rings is 1. The number of aliphatic carboxylic acids is 1. The number of anilines is 2. The number of fused-ring (bicyclic) bond motifs is 1. The molecule has 3 N–H and O–H groups in total. The molecule has 0 aliphatic carbocycles. The Hall–Kier alpha value is -3.17. The van der Waals surface area contributed by atoms with E-state index >= 15 is 0 Å². The van der Waals surface area contributed by atoms with Crippen LogP contribution in [-0.4, -0.2) is 91.2 Å². The molecule has 2 aromatic rings. The number of hydrogen-bond acceptors (Lipinski definition) is 7. The molecule has 1 amide bonds. The number of carbonyl (C=O) groups is 2. The van der Waals surface area contributed by atoms with Crippen molar-refractivity contribution in [3.8, 4) is 0 Å². The normalized spacial score (nSPS) is 20.8. The number of nitrogens with zero attached hydrogens (tertiary/aromatic N) is 4. The molecule has 3 aliphatic rings. The third kappa shape index (κ3) is 7.52. The molecule has 0 bridgehead atoms. The summed E-state index contributed by atoms with van der Waals surface area (Å²) in [7, 11) is 2.13. The van der Waals surface area contributed by atoms with Gasteiger partial charge in [0.2, 0.25) is 5.91 Å². The van der Waals surface area contributed by atoms with Crippen LogP contribution in [0.3, 0.4) is 0 Å². The van der Waals surface area contributed by atoms with Gasteiger partial charge < -0.3 is 30.4 Å². The van der Waals surface area contributed by atoms with Crippen LogP contribution in [0.2, 0.25) is 0 Å². The van der Waals surface area contributed by atoms with E-state index in [1.54, 1.807) is 0 Å². The van der Waals surface area contributed by atoms with Crippen molar-refractivity contribution in [3.05, 3.63) is 53.2 Å². The minimum Gasteiger partial charge on any atom is -0.481 e. The fourth-order valence-electron chi connectivity index (χ4n) is 6.18. The third-order valence-corrected chi connectivity index (χ3v) is 8.57. The third-order valence-electron chi connectivity index (χ3n) is 8.57. The average molecular weight is 549 g/mol. The first-order valence-electron chi connectivity index (χ1n) is 15.0. The van der Waals surface area contributed by atoms with Gasteiger partial charge in [0.15, 0.2) is 0 Å². The van der Waals surface area contributed by atoms with E-state index < -0.39 is 12.0 Å². The Morgan fingerprint density at radius 1 is 1.12 bits per heavy atom. The van der Waals surface area contributed by atoms with E-state index in [4.69, 9.17) is 4.98 Å². The summed E-state index contributed by atoms with van der Waals surface area (Å²) in [6, 6.07) is 11.8. The minimum atomic E-state index is -0.911. The molecule has 2 atom stereocenters. The van der Waals surface area contributed by atoms with Crippen LogP contribution in [0.4, 0.5) is 11.5 Å². The molecule has 4 heterocycles. The first-order valence-corrected chi connectivity index (χ1v) is 15.0. The van der Waals surface area contributed by atoms with E-state index in [1.165, 1.54) is 5.56 Å². The lowest BCUT2D eigenvalue weighted by molar-refractivity contribution is -0.138. The number of amides is 1. The highest BCUT2D eigenvalue weighted by molar-refractivity contribution is 5.80. The second kappa shape index (κ2) is 13.5. The number of carbonyl (C=O) groups excluding carboxylic acids is 1. The SMILES string of the molecule is CN1CCN(c2cccc([C@H](CC(=O)O)NC(=O)[C@@H]3CCCN(CCCc4ccc5c(n4)NCCC5)C3)c2)CC1. The maximum Gasteiger partial charge on any atom is 0.305 e. The Balaban J connectivity index is 1.15. The van der Waals surface area contributed by atoms with Gasteiger partial charge in [0, 0.05) is 50.6 Å². The molecule has 2 saturated heterocycles. The molecule has 0 saturated carbocycles. The lowest BCUT2D eigenvalue weighted by Crippen LogP contribution is -2.45. The Bertz CT molecular complexity index is 1170. The van der Waals surface area contributed by atoms with Crippen molar-refractivity contribution in [2.75, 3.05) is 69.6 Å². The monoisotopic (exact) mass is 548 g/mol. The van der Waals surface area contributed by atoms with Crippen LogP contribution in [0.15, 0.2) is 36.4 Å². The number of likely N-dealkylation sites (tertiary alicyclic amines) is 1. The summed E-state index contributed by atoms with van der Waals surface area (Å²) >= 11 is 0. The second-order valence-corrected chi connectivity index (χ2v) is 11.6. The van der Waals surface area contributed by atoms with E-state index in [9.17, 15) is 14.7 Å². The lowest BCUT2D eigenvalue weighted by Gasteiger charge is -2.35. The number of hydrogen-bond donors (Lipinski definition) is 3. The smallest absolute Gasteiger partial charge is 0.305 e. The molecule has 2 fully saturated rings. The summed E-state index contributed by atoms with van der Waals surface area (Å²) in [6.45, 7) is 7.51. The zero-order valence-corrected chi connectivity index (χ0v) is 23.8. The summed E-state index contributed by atoms with van der Waals surface area (Å²) in [5, 5.41) is 16.2. The molecule has 40 heavy (non-hydrogen) atoms. The highest BCUT2D eigenvalue weighted by Crippen LogP contribution is 2.26. The van der Waals surface area contributed by atoms with E-state index in [0.717, 1.165) is 107 Å². The maximum absolute atomic E-state index is 13.4. The molecule has 3 aliphatic heterocycles. The molecule has 0 radical (unpaired) electrons. The summed E-state index contributed by atoms with van der Waals surface area (Å²) in [5.74, 6) is -0.0321. The van der Waals surface area contributed by atoms with Crippen molar-refractivity contribution in [1.29, 1.82) is 0 Å². The van der Waals surface area contributed by atoms with Crippen molar-refractivity contribution in [2.45, 2.75) is 51.0 Å². The summed E-state index contributed by atoms with van der Waals surface area (Å²) < 4.78 is 0. The molecule has 9 heteroatoms. The number of piperidine rings is 1. The number of carboxylic acids is 1. The molecule has 1 aromatic carbocycles. The van der Waals surface area contributed by atoms with Crippen LogP contribution in [0.5, 0.6) is 0 Å². The van der Waals surface area contributed by atoms with Gasteiger partial charge in [-0.1, -0.05) is 18.2 Å². The molecule has 9 nitrogen and oxygen atoms in total. The van der Waals surface area contributed by atoms with Crippen LogP contribution in [0.1, 0.15) is 55.0 Å². The maximum atomic E-state index is 13.4. The number of rotatable bonds is 10. The zero-order valence-electron chi connectivity index (χ0n) is 23.8. The van der Waals surface area contributed by atoms with Crippen molar-refractivity contribution in [1.82, 2.24) is 20.1 Å². The second-order valence-electron chi connectivity index (χ2n) is 11.6. The van der Waals surface area contributed by atoms with Gasteiger partial charge in [-0.3, -0.25) is 9.59 Å². The number of benzene rings is 1. The van der Waals surface area contributed by atoms with Gasteiger partial charge in [0.25, 0.3) is 0 Å². The molecule has 5 rings (SSSR count). The number of likely N-dealkylation sites (N-methyl/N-ethyl adjacent to an activating group) is 1. The van der Waals surface area contributed by atoms with E-state index in [2.05, 4.69) is 56.6 Å². The lowest BCUT2D eigenvalue weighted by atomic mass is 9.95. The molecular weight excluding hydrogens is 504 g/mol. The number of carboxylic acid groups (broad SMARTS) is 1. The van der Waals surface area contributed by atoms with Crippen LogP contribution in [0.25, 0.3) is 0 Å². The molecule has 0 unspecified atom stereocenters. The summed E-state index contributed by atoms with van der Waals surface area (Å²) in [6.07, 6.45) is 5.87. The first-order chi connectivity index (χ1) is 19.4. The highest BCUT2D eigenvalue weighted by atomic mass is 16.4. The highest BCUT2D eigenvalue weighted by Gasteiger charge is 2.28. The largest absolute Gasteiger partial charge is 0.481 e. The van der Waals surface area contributed by atoms with Gasteiger partial charge in [0.1, 0.15) is 5.82 Å². The van der Waals surface area contributed by atoms with Gasteiger partial charge in [-0.25, -0.2) is 4.98 Å². The van der Waals surface area contributed by atoms with Crippen molar-refractivity contribution < 1.29 is 14.7 Å². The summed E-state index contributed by atoms with van der Waals surface area (Å²) in [4.78, 5) is 37.0. The fraction of sp³-hybridized carbons (Fsp3) is 0.581. The van der Waals surface area contributed by atoms with Gasteiger partial charge in [-0.15, -0.1) is 0 Å². The molecule has 0 spiro atoms. The number of aryl methyl sites for hydroxylation is 2. The van der Waals surface area contributed by atoms with E-state index in [1.807, 2.05) is 12.1 Å². The summed E-state index contributed by atoms with van der Waals surface area (Å²) in [5.41, 5.74) is 4.37. The quantitative estimate of drug-likeness (QED) is 0.416. The number of aromatic nitrogens is 1. The Kier molecular flexibility index (Phi) is 9.54. The molecular formula is C31H44N6O3. The molecule has 216 valence electrons.